The maximum atomic E-state index is 6.58. The second-order valence-corrected chi connectivity index (χ2v) is 17.3. The van der Waals surface area contributed by atoms with Crippen LogP contribution in [0.15, 0.2) is 223 Å². The highest BCUT2D eigenvalue weighted by Crippen LogP contribution is 2.41. The van der Waals surface area contributed by atoms with Crippen molar-refractivity contribution in [1.29, 1.82) is 0 Å². The summed E-state index contributed by atoms with van der Waals surface area (Å²) in [6.45, 7) is 0. The average molecular weight is 829 g/mol. The molecule has 302 valence electrons. The Morgan fingerprint density at radius 3 is 0.738 bits per heavy atom. The molecule has 0 unspecified atom stereocenters. The van der Waals surface area contributed by atoms with Crippen molar-refractivity contribution in [3.8, 4) is 22.7 Å². The Morgan fingerprint density at radius 1 is 0.200 bits per heavy atom. The Kier molecular flexibility index (Phi) is 6.89. The van der Waals surface area contributed by atoms with Gasteiger partial charge >= 0.3 is 0 Å². The zero-order valence-corrected chi connectivity index (χ0v) is 35.0. The minimum Gasteiger partial charge on any atom is -0.456 e. The van der Waals surface area contributed by atoms with Crippen LogP contribution in [-0.2, 0) is 0 Å². The highest BCUT2D eigenvalue weighted by molar-refractivity contribution is 6.15. The second kappa shape index (κ2) is 12.9. The summed E-state index contributed by atoms with van der Waals surface area (Å²) in [5.41, 5.74) is 15.7. The standard InChI is InChI=1S/C60H36N4O/c1-7-19-51-41(13-1)42-14-2-8-20-52(42)61(51)37-25-29-57-47(33-37)45-17-5-11-23-55(45)63(57)39-27-31-59-49(35-39)50-36-40(28-32-60(50)65-59)64-56-24-12-6-18-46(56)48-34-38(26-30-58(48)64)62-53-21-9-3-15-43(53)44-16-4-10-22-54(44)62/h1-36H. The summed E-state index contributed by atoms with van der Waals surface area (Å²) in [7, 11) is 0. The molecular formula is C60H36N4O. The van der Waals surface area contributed by atoms with Crippen LogP contribution in [-0.4, -0.2) is 18.3 Å². The molecule has 5 aromatic heterocycles. The number of hydrogen-bond donors (Lipinski definition) is 0. The molecule has 0 aliphatic heterocycles. The fourth-order valence-corrected chi connectivity index (χ4v) is 11.2. The molecule has 0 amide bonds. The maximum Gasteiger partial charge on any atom is 0.135 e. The monoisotopic (exact) mass is 828 g/mol. The highest BCUT2D eigenvalue weighted by atomic mass is 16.3. The van der Waals surface area contributed by atoms with Crippen LogP contribution < -0.4 is 0 Å². The van der Waals surface area contributed by atoms with E-state index in [4.69, 9.17) is 4.42 Å². The van der Waals surface area contributed by atoms with Crippen LogP contribution in [0.2, 0.25) is 0 Å². The average Bonchev–Trinajstić information content (AvgIpc) is 4.16. The summed E-state index contributed by atoms with van der Waals surface area (Å²) in [4.78, 5) is 0. The summed E-state index contributed by atoms with van der Waals surface area (Å²) in [6, 6.07) is 79.5. The van der Waals surface area contributed by atoms with Crippen LogP contribution in [0.3, 0.4) is 0 Å². The molecule has 0 saturated carbocycles. The Bertz CT molecular complexity index is 4100. The summed E-state index contributed by atoms with van der Waals surface area (Å²) in [5.74, 6) is 0. The van der Waals surface area contributed by atoms with Crippen molar-refractivity contribution in [2.45, 2.75) is 0 Å². The van der Waals surface area contributed by atoms with Gasteiger partial charge in [0.25, 0.3) is 0 Å². The van der Waals surface area contributed by atoms with Crippen LogP contribution in [0.5, 0.6) is 0 Å². The smallest absolute Gasteiger partial charge is 0.135 e. The summed E-state index contributed by atoms with van der Waals surface area (Å²) >= 11 is 0. The first-order valence-electron chi connectivity index (χ1n) is 22.3. The Balaban J connectivity index is 0.900. The Hall–Kier alpha value is -8.80. The largest absolute Gasteiger partial charge is 0.456 e. The van der Waals surface area contributed by atoms with Gasteiger partial charge in [-0.25, -0.2) is 0 Å². The molecular weight excluding hydrogens is 793 g/mol. The van der Waals surface area contributed by atoms with E-state index in [0.29, 0.717) is 0 Å². The minimum absolute atomic E-state index is 0.869. The van der Waals surface area contributed by atoms with Crippen LogP contribution in [0.25, 0.3) is 132 Å². The van der Waals surface area contributed by atoms with Gasteiger partial charge in [-0.05, 0) is 109 Å². The number of rotatable bonds is 4. The molecule has 65 heavy (non-hydrogen) atoms. The van der Waals surface area contributed by atoms with Gasteiger partial charge < -0.3 is 22.7 Å². The number of aromatic nitrogens is 4. The van der Waals surface area contributed by atoms with Gasteiger partial charge in [0.15, 0.2) is 0 Å². The van der Waals surface area contributed by atoms with Gasteiger partial charge in [-0.15, -0.1) is 0 Å². The van der Waals surface area contributed by atoms with Gasteiger partial charge in [0, 0.05) is 76.6 Å². The first-order valence-corrected chi connectivity index (χ1v) is 22.3. The van der Waals surface area contributed by atoms with E-state index in [2.05, 4.69) is 237 Å². The van der Waals surface area contributed by atoms with Crippen molar-refractivity contribution in [3.05, 3.63) is 218 Å². The van der Waals surface area contributed by atoms with Gasteiger partial charge in [-0.3, -0.25) is 0 Å². The van der Waals surface area contributed by atoms with Crippen molar-refractivity contribution in [3.63, 3.8) is 0 Å². The molecule has 5 heterocycles. The third kappa shape index (κ3) is 4.76. The summed E-state index contributed by atoms with van der Waals surface area (Å²) in [6.07, 6.45) is 0. The Morgan fingerprint density at radius 2 is 0.431 bits per heavy atom. The molecule has 0 aliphatic carbocycles. The third-order valence-electron chi connectivity index (χ3n) is 13.9. The van der Waals surface area contributed by atoms with Crippen LogP contribution >= 0.6 is 0 Å². The molecule has 0 bridgehead atoms. The molecule has 15 aromatic rings. The minimum atomic E-state index is 0.869. The number of para-hydroxylation sites is 6. The van der Waals surface area contributed by atoms with Gasteiger partial charge in [-0.2, -0.15) is 0 Å². The van der Waals surface area contributed by atoms with Crippen molar-refractivity contribution >= 4 is 109 Å². The van der Waals surface area contributed by atoms with Crippen LogP contribution in [0, 0.1) is 0 Å². The zero-order chi connectivity index (χ0) is 42.3. The van der Waals surface area contributed by atoms with Crippen LogP contribution in [0.1, 0.15) is 0 Å². The van der Waals surface area contributed by atoms with Gasteiger partial charge in [-0.1, -0.05) is 109 Å². The van der Waals surface area contributed by atoms with Crippen LogP contribution in [0.4, 0.5) is 0 Å². The van der Waals surface area contributed by atoms with E-state index < -0.39 is 0 Å². The predicted molar refractivity (Wildman–Crippen MR) is 271 cm³/mol. The highest BCUT2D eigenvalue weighted by Gasteiger charge is 2.20. The lowest BCUT2D eigenvalue weighted by molar-refractivity contribution is 0.669. The van der Waals surface area contributed by atoms with Crippen molar-refractivity contribution in [1.82, 2.24) is 18.3 Å². The number of nitrogens with zero attached hydrogens (tertiary/aromatic N) is 4. The number of benzene rings is 10. The van der Waals surface area contributed by atoms with Gasteiger partial charge in [0.1, 0.15) is 11.2 Å². The Labute approximate surface area is 371 Å². The van der Waals surface area contributed by atoms with Gasteiger partial charge in [0.2, 0.25) is 0 Å². The van der Waals surface area contributed by atoms with Crippen molar-refractivity contribution in [2.24, 2.45) is 0 Å². The molecule has 0 spiro atoms. The molecule has 0 fully saturated rings. The van der Waals surface area contributed by atoms with E-state index in [1.807, 2.05) is 0 Å². The molecule has 15 rings (SSSR count). The van der Waals surface area contributed by atoms with E-state index in [0.717, 1.165) is 55.7 Å². The van der Waals surface area contributed by atoms with E-state index in [1.54, 1.807) is 0 Å². The lowest BCUT2D eigenvalue weighted by Crippen LogP contribution is -1.96. The summed E-state index contributed by atoms with van der Waals surface area (Å²) < 4.78 is 16.2. The first kappa shape index (κ1) is 34.7. The van der Waals surface area contributed by atoms with E-state index >= 15 is 0 Å². The summed E-state index contributed by atoms with van der Waals surface area (Å²) in [5, 5.41) is 12.1. The molecule has 5 nitrogen and oxygen atoms in total. The molecule has 0 aliphatic rings. The maximum absolute atomic E-state index is 6.58. The molecule has 10 aromatic carbocycles. The second-order valence-electron chi connectivity index (χ2n) is 17.3. The third-order valence-corrected chi connectivity index (χ3v) is 13.9. The van der Waals surface area contributed by atoms with Crippen molar-refractivity contribution in [2.75, 3.05) is 0 Å². The number of hydrogen-bond acceptors (Lipinski definition) is 1. The molecule has 0 saturated heterocycles. The van der Waals surface area contributed by atoms with Crippen molar-refractivity contribution < 1.29 is 4.42 Å². The molecule has 0 radical (unpaired) electrons. The van der Waals surface area contributed by atoms with E-state index in [1.165, 1.54) is 76.2 Å². The lowest BCUT2D eigenvalue weighted by Gasteiger charge is -2.11. The fraction of sp³-hybridized carbons (Fsp3) is 0. The lowest BCUT2D eigenvalue weighted by atomic mass is 10.1. The fourth-order valence-electron chi connectivity index (χ4n) is 11.2. The quantitative estimate of drug-likeness (QED) is 0.174. The molecule has 0 atom stereocenters. The number of furan rings is 1. The van der Waals surface area contributed by atoms with E-state index in [-0.39, 0.29) is 0 Å². The molecule has 5 heteroatoms. The first-order chi connectivity index (χ1) is 32.2. The normalized spacial score (nSPS) is 12.3. The topological polar surface area (TPSA) is 32.9 Å². The van der Waals surface area contributed by atoms with E-state index in [9.17, 15) is 0 Å². The molecule has 0 N–H and O–H groups in total. The zero-order valence-electron chi connectivity index (χ0n) is 35.0. The SMILES string of the molecule is c1ccc2c(c1)c1ccccc1n2-c1ccc2c(c1)c1ccccc1n2-c1ccc2oc3ccc(-n4c5ccccc5c5cc(-n6c7ccccc7c7ccccc76)ccc54)cc3c2c1. The predicted octanol–water partition coefficient (Wildman–Crippen LogP) is 16.0. The van der Waals surface area contributed by atoms with Gasteiger partial charge in [0.05, 0.1) is 44.1 Å². The number of fused-ring (bicyclic) bond motifs is 15.